The van der Waals surface area contributed by atoms with Crippen LogP contribution in [-0.4, -0.2) is 0 Å². The average molecular weight is 320 g/mol. The van der Waals surface area contributed by atoms with E-state index < -0.39 is 0 Å². The average Bonchev–Trinajstić information content (AvgIpc) is 2.81. The molecule has 2 aromatic carbocycles. The normalized spacial score (nSPS) is 17.5. The van der Waals surface area contributed by atoms with Gasteiger partial charge in [0.15, 0.2) is 0 Å². The zero-order valence-electron chi connectivity index (χ0n) is 10.5. The minimum Gasteiger partial charge on any atom is -0.306 e. The highest BCUT2D eigenvalue weighted by Crippen LogP contribution is 2.32. The minimum absolute atomic E-state index is 0.0655. The Morgan fingerprint density at radius 2 is 2.05 bits per heavy atom. The first-order valence-corrected chi connectivity index (χ1v) is 7.28. The molecule has 0 amide bonds. The molecule has 2 aromatic rings. The fourth-order valence-corrected chi connectivity index (χ4v) is 3.16. The van der Waals surface area contributed by atoms with Crippen LogP contribution in [0.2, 0.25) is 0 Å². The Balaban J connectivity index is 1.72. The van der Waals surface area contributed by atoms with E-state index in [0.29, 0.717) is 0 Å². The van der Waals surface area contributed by atoms with Crippen molar-refractivity contribution in [1.29, 1.82) is 0 Å². The summed E-state index contributed by atoms with van der Waals surface area (Å²) in [7, 11) is 0. The van der Waals surface area contributed by atoms with Crippen LogP contribution in [0.4, 0.5) is 4.39 Å². The van der Waals surface area contributed by atoms with Crippen molar-refractivity contribution in [2.24, 2.45) is 0 Å². The van der Waals surface area contributed by atoms with Crippen molar-refractivity contribution in [2.75, 3.05) is 0 Å². The molecular weight excluding hydrogens is 305 g/mol. The maximum atomic E-state index is 13.6. The SMILES string of the molecule is Fc1cccc2c1CCC2NCc1cccc(Br)c1. The van der Waals surface area contributed by atoms with E-state index in [1.807, 2.05) is 18.2 Å². The molecule has 19 heavy (non-hydrogen) atoms. The zero-order chi connectivity index (χ0) is 13.2. The second-order valence-corrected chi connectivity index (χ2v) is 5.83. The maximum absolute atomic E-state index is 13.6. The van der Waals surface area contributed by atoms with Crippen molar-refractivity contribution in [3.63, 3.8) is 0 Å². The van der Waals surface area contributed by atoms with Gasteiger partial charge in [0.2, 0.25) is 0 Å². The topological polar surface area (TPSA) is 12.0 Å². The molecule has 0 fully saturated rings. The van der Waals surface area contributed by atoms with Crippen LogP contribution < -0.4 is 5.32 Å². The zero-order valence-corrected chi connectivity index (χ0v) is 12.1. The molecule has 0 heterocycles. The van der Waals surface area contributed by atoms with Gasteiger partial charge in [-0.25, -0.2) is 4.39 Å². The molecule has 0 saturated carbocycles. The van der Waals surface area contributed by atoms with E-state index in [4.69, 9.17) is 0 Å². The van der Waals surface area contributed by atoms with Crippen LogP contribution in [0.1, 0.15) is 29.2 Å². The number of rotatable bonds is 3. The summed E-state index contributed by atoms with van der Waals surface area (Å²) in [6.07, 6.45) is 1.81. The van der Waals surface area contributed by atoms with Gasteiger partial charge in [-0.1, -0.05) is 40.2 Å². The molecular formula is C16H15BrFN. The largest absolute Gasteiger partial charge is 0.306 e. The Kier molecular flexibility index (Phi) is 3.67. The summed E-state index contributed by atoms with van der Waals surface area (Å²) in [6.45, 7) is 0.806. The van der Waals surface area contributed by atoms with Gasteiger partial charge < -0.3 is 5.32 Å². The minimum atomic E-state index is -0.0655. The van der Waals surface area contributed by atoms with Crippen molar-refractivity contribution in [2.45, 2.75) is 25.4 Å². The van der Waals surface area contributed by atoms with Crippen molar-refractivity contribution in [1.82, 2.24) is 5.32 Å². The number of benzene rings is 2. The third kappa shape index (κ3) is 2.72. The van der Waals surface area contributed by atoms with E-state index in [2.05, 4.69) is 33.4 Å². The van der Waals surface area contributed by atoms with Gasteiger partial charge in [0.1, 0.15) is 5.82 Å². The van der Waals surface area contributed by atoms with Crippen LogP contribution in [-0.2, 0) is 13.0 Å². The van der Waals surface area contributed by atoms with E-state index in [1.165, 1.54) is 5.56 Å². The van der Waals surface area contributed by atoms with E-state index in [9.17, 15) is 4.39 Å². The van der Waals surface area contributed by atoms with Gasteiger partial charge in [-0.3, -0.25) is 0 Å². The van der Waals surface area contributed by atoms with Gasteiger partial charge in [-0.05, 0) is 47.7 Å². The number of hydrogen-bond donors (Lipinski definition) is 1. The van der Waals surface area contributed by atoms with E-state index >= 15 is 0 Å². The Morgan fingerprint density at radius 3 is 2.89 bits per heavy atom. The van der Waals surface area contributed by atoms with Gasteiger partial charge in [-0.15, -0.1) is 0 Å². The summed E-state index contributed by atoms with van der Waals surface area (Å²) in [5.41, 5.74) is 3.24. The summed E-state index contributed by atoms with van der Waals surface area (Å²) >= 11 is 3.47. The van der Waals surface area contributed by atoms with E-state index in [1.54, 1.807) is 12.1 Å². The molecule has 1 aliphatic carbocycles. The standard InChI is InChI=1S/C16H15BrFN/c17-12-4-1-3-11(9-12)10-19-16-8-7-13-14(16)5-2-6-15(13)18/h1-6,9,16,19H,7-8,10H2. The molecule has 0 radical (unpaired) electrons. The lowest BCUT2D eigenvalue weighted by Crippen LogP contribution is -2.18. The second-order valence-electron chi connectivity index (χ2n) is 4.91. The van der Waals surface area contributed by atoms with Crippen molar-refractivity contribution in [3.05, 3.63) is 69.4 Å². The van der Waals surface area contributed by atoms with Crippen LogP contribution in [0.3, 0.4) is 0 Å². The molecule has 3 heteroatoms. The predicted molar refractivity (Wildman–Crippen MR) is 78.4 cm³/mol. The molecule has 1 atom stereocenters. The quantitative estimate of drug-likeness (QED) is 0.886. The summed E-state index contributed by atoms with van der Waals surface area (Å²) in [4.78, 5) is 0. The first-order valence-electron chi connectivity index (χ1n) is 6.49. The molecule has 1 aliphatic rings. The van der Waals surface area contributed by atoms with E-state index in [-0.39, 0.29) is 11.9 Å². The number of halogens is 2. The van der Waals surface area contributed by atoms with Gasteiger partial charge in [0.05, 0.1) is 0 Å². The monoisotopic (exact) mass is 319 g/mol. The fraction of sp³-hybridized carbons (Fsp3) is 0.250. The van der Waals surface area contributed by atoms with Gasteiger partial charge in [-0.2, -0.15) is 0 Å². The molecule has 0 aliphatic heterocycles. The van der Waals surface area contributed by atoms with Crippen LogP contribution in [0.25, 0.3) is 0 Å². The van der Waals surface area contributed by atoms with Crippen LogP contribution >= 0.6 is 15.9 Å². The van der Waals surface area contributed by atoms with Gasteiger partial charge in [0, 0.05) is 17.1 Å². The van der Waals surface area contributed by atoms with Crippen molar-refractivity contribution >= 4 is 15.9 Å². The highest BCUT2D eigenvalue weighted by molar-refractivity contribution is 9.10. The highest BCUT2D eigenvalue weighted by atomic mass is 79.9. The maximum Gasteiger partial charge on any atom is 0.126 e. The molecule has 1 nitrogen and oxygen atoms in total. The smallest absolute Gasteiger partial charge is 0.126 e. The number of nitrogens with one attached hydrogen (secondary N) is 1. The summed E-state index contributed by atoms with van der Waals surface area (Å²) < 4.78 is 14.7. The Hall–Kier alpha value is -1.19. The van der Waals surface area contributed by atoms with E-state index in [0.717, 1.165) is 35.0 Å². The van der Waals surface area contributed by atoms with Crippen LogP contribution in [0, 0.1) is 5.82 Å². The van der Waals surface area contributed by atoms with Gasteiger partial charge in [0.25, 0.3) is 0 Å². The molecule has 0 aromatic heterocycles. The predicted octanol–water partition coefficient (Wildman–Crippen LogP) is 4.37. The van der Waals surface area contributed by atoms with Crippen molar-refractivity contribution < 1.29 is 4.39 Å². The summed E-state index contributed by atoms with van der Waals surface area (Å²) in [5.74, 6) is -0.0655. The Labute approximate surface area is 121 Å². The third-order valence-electron chi connectivity index (χ3n) is 3.66. The molecule has 3 rings (SSSR count). The number of fused-ring (bicyclic) bond motifs is 1. The molecule has 1 N–H and O–H groups in total. The Morgan fingerprint density at radius 1 is 1.21 bits per heavy atom. The third-order valence-corrected chi connectivity index (χ3v) is 4.15. The highest BCUT2D eigenvalue weighted by Gasteiger charge is 2.24. The molecule has 0 spiro atoms. The molecule has 0 saturated heterocycles. The van der Waals surface area contributed by atoms with Crippen LogP contribution in [0.15, 0.2) is 46.9 Å². The molecule has 1 unspecified atom stereocenters. The lowest BCUT2D eigenvalue weighted by molar-refractivity contribution is 0.530. The molecule has 98 valence electrons. The molecule has 0 bridgehead atoms. The first-order chi connectivity index (χ1) is 9.24. The van der Waals surface area contributed by atoms with Gasteiger partial charge >= 0.3 is 0 Å². The second kappa shape index (κ2) is 5.43. The van der Waals surface area contributed by atoms with Crippen molar-refractivity contribution in [3.8, 4) is 0 Å². The van der Waals surface area contributed by atoms with Crippen LogP contribution in [0.5, 0.6) is 0 Å². The first kappa shape index (κ1) is 12.8. The fourth-order valence-electron chi connectivity index (χ4n) is 2.71. The lowest BCUT2D eigenvalue weighted by Gasteiger charge is -2.14. The Bertz CT molecular complexity index is 597. The summed E-state index contributed by atoms with van der Waals surface area (Å²) in [6, 6.07) is 13.9. The lowest BCUT2D eigenvalue weighted by atomic mass is 10.1. The summed E-state index contributed by atoms with van der Waals surface area (Å²) in [5, 5.41) is 3.52. The number of hydrogen-bond acceptors (Lipinski definition) is 1.